The summed E-state index contributed by atoms with van der Waals surface area (Å²) in [6, 6.07) is 0. The van der Waals surface area contributed by atoms with Crippen molar-refractivity contribution in [2.24, 2.45) is 11.8 Å². The van der Waals surface area contributed by atoms with Crippen LogP contribution in [-0.2, 0) is 13.0 Å². The molecule has 1 aliphatic rings. The second-order valence-electron chi connectivity index (χ2n) is 5.72. The molecule has 1 N–H and O–H groups in total. The predicted octanol–water partition coefficient (Wildman–Crippen LogP) is 2.65. The maximum Gasteiger partial charge on any atom is 0.138 e. The Morgan fingerprint density at radius 3 is 2.84 bits per heavy atom. The van der Waals surface area contributed by atoms with Crippen molar-refractivity contribution in [1.82, 2.24) is 20.1 Å². The second kappa shape index (κ2) is 7.63. The molecule has 4 nitrogen and oxygen atoms in total. The van der Waals surface area contributed by atoms with Gasteiger partial charge in [0.15, 0.2) is 0 Å². The standard InChI is InChI=1S/C15H28N4/c1-3-9-19-15(17-12-18-19)10-14(11-16-4-2)13-7-5-6-8-13/h12-14,16H,3-11H2,1-2H3. The number of hydrogen-bond donors (Lipinski definition) is 1. The van der Waals surface area contributed by atoms with Crippen LogP contribution in [0.25, 0.3) is 0 Å². The first-order valence-corrected chi connectivity index (χ1v) is 7.92. The van der Waals surface area contributed by atoms with Crippen LogP contribution in [0.15, 0.2) is 6.33 Å². The molecule has 0 radical (unpaired) electrons. The third-order valence-corrected chi connectivity index (χ3v) is 4.30. The smallest absolute Gasteiger partial charge is 0.138 e. The van der Waals surface area contributed by atoms with E-state index in [0.29, 0.717) is 0 Å². The lowest BCUT2D eigenvalue weighted by molar-refractivity contribution is 0.313. The van der Waals surface area contributed by atoms with E-state index in [1.54, 1.807) is 6.33 Å². The van der Waals surface area contributed by atoms with E-state index < -0.39 is 0 Å². The number of nitrogens with zero attached hydrogens (tertiary/aromatic N) is 3. The minimum absolute atomic E-state index is 0.724. The molecule has 1 unspecified atom stereocenters. The molecule has 19 heavy (non-hydrogen) atoms. The van der Waals surface area contributed by atoms with Gasteiger partial charge in [0.1, 0.15) is 12.2 Å². The molecule has 2 rings (SSSR count). The Hall–Kier alpha value is -0.900. The highest BCUT2D eigenvalue weighted by Crippen LogP contribution is 2.32. The first-order chi connectivity index (χ1) is 9.35. The lowest BCUT2D eigenvalue weighted by atomic mass is 9.87. The fourth-order valence-electron chi connectivity index (χ4n) is 3.24. The molecule has 108 valence electrons. The van der Waals surface area contributed by atoms with Crippen LogP contribution in [-0.4, -0.2) is 27.9 Å². The van der Waals surface area contributed by atoms with Crippen molar-refractivity contribution in [3.63, 3.8) is 0 Å². The van der Waals surface area contributed by atoms with E-state index in [1.165, 1.54) is 31.5 Å². The van der Waals surface area contributed by atoms with Crippen molar-refractivity contribution >= 4 is 0 Å². The van der Waals surface area contributed by atoms with E-state index in [-0.39, 0.29) is 0 Å². The van der Waals surface area contributed by atoms with Crippen LogP contribution in [0.4, 0.5) is 0 Å². The Balaban J connectivity index is 1.99. The maximum atomic E-state index is 4.48. The summed E-state index contributed by atoms with van der Waals surface area (Å²) in [6.07, 6.45) is 9.54. The zero-order valence-electron chi connectivity index (χ0n) is 12.4. The topological polar surface area (TPSA) is 42.7 Å². The average Bonchev–Trinajstić information content (AvgIpc) is 3.06. The number of aromatic nitrogens is 3. The lowest BCUT2D eigenvalue weighted by Gasteiger charge is -2.23. The van der Waals surface area contributed by atoms with E-state index in [0.717, 1.165) is 44.3 Å². The van der Waals surface area contributed by atoms with Gasteiger partial charge < -0.3 is 5.32 Å². The maximum absolute atomic E-state index is 4.48. The van der Waals surface area contributed by atoms with Crippen molar-refractivity contribution in [2.75, 3.05) is 13.1 Å². The summed E-state index contributed by atoms with van der Waals surface area (Å²) in [5.74, 6) is 2.78. The van der Waals surface area contributed by atoms with Crippen molar-refractivity contribution in [1.29, 1.82) is 0 Å². The second-order valence-corrected chi connectivity index (χ2v) is 5.72. The van der Waals surface area contributed by atoms with Gasteiger partial charge in [-0.3, -0.25) is 4.68 Å². The molecule has 1 aromatic heterocycles. The highest BCUT2D eigenvalue weighted by Gasteiger charge is 2.26. The Labute approximate surface area is 117 Å². The Kier molecular flexibility index (Phi) is 5.83. The molecular weight excluding hydrogens is 236 g/mol. The molecule has 0 bridgehead atoms. The molecule has 0 spiro atoms. The highest BCUT2D eigenvalue weighted by molar-refractivity contribution is 4.91. The molecule has 4 heteroatoms. The van der Waals surface area contributed by atoms with Gasteiger partial charge in [-0.25, -0.2) is 4.98 Å². The molecule has 1 aromatic rings. The number of rotatable bonds is 8. The zero-order chi connectivity index (χ0) is 13.5. The molecule has 1 heterocycles. The molecule has 0 aliphatic heterocycles. The van der Waals surface area contributed by atoms with Gasteiger partial charge in [-0.2, -0.15) is 5.10 Å². The van der Waals surface area contributed by atoms with E-state index >= 15 is 0 Å². The molecule has 1 saturated carbocycles. The quantitative estimate of drug-likeness (QED) is 0.785. The largest absolute Gasteiger partial charge is 0.317 e. The number of nitrogens with one attached hydrogen (secondary N) is 1. The molecule has 1 fully saturated rings. The first-order valence-electron chi connectivity index (χ1n) is 7.92. The Morgan fingerprint density at radius 1 is 1.37 bits per heavy atom. The van der Waals surface area contributed by atoms with Gasteiger partial charge in [0.2, 0.25) is 0 Å². The van der Waals surface area contributed by atoms with Gasteiger partial charge >= 0.3 is 0 Å². The van der Waals surface area contributed by atoms with Crippen molar-refractivity contribution in [2.45, 2.75) is 58.9 Å². The fraction of sp³-hybridized carbons (Fsp3) is 0.867. The summed E-state index contributed by atoms with van der Waals surface area (Å²) in [7, 11) is 0. The van der Waals surface area contributed by atoms with Crippen LogP contribution in [0.3, 0.4) is 0 Å². The van der Waals surface area contributed by atoms with E-state index in [4.69, 9.17) is 0 Å². The van der Waals surface area contributed by atoms with Gasteiger partial charge in [-0.1, -0.05) is 39.5 Å². The SMILES string of the molecule is CCCn1ncnc1CC(CNCC)C1CCCC1. The van der Waals surface area contributed by atoms with Gasteiger partial charge in [0, 0.05) is 13.0 Å². The molecule has 0 saturated heterocycles. The normalized spacial score (nSPS) is 18.0. The average molecular weight is 264 g/mol. The van der Waals surface area contributed by atoms with Crippen molar-refractivity contribution in [3.05, 3.63) is 12.2 Å². The summed E-state index contributed by atoms with van der Waals surface area (Å²) < 4.78 is 2.09. The van der Waals surface area contributed by atoms with Crippen LogP contribution >= 0.6 is 0 Å². The molecule has 1 aliphatic carbocycles. The number of hydrogen-bond acceptors (Lipinski definition) is 3. The summed E-state index contributed by atoms with van der Waals surface area (Å²) in [4.78, 5) is 4.48. The third-order valence-electron chi connectivity index (χ3n) is 4.30. The zero-order valence-corrected chi connectivity index (χ0v) is 12.4. The molecule has 0 amide bonds. The van der Waals surface area contributed by atoms with Gasteiger partial charge in [0.05, 0.1) is 0 Å². The summed E-state index contributed by atoms with van der Waals surface area (Å²) in [6.45, 7) is 7.56. The minimum atomic E-state index is 0.724. The summed E-state index contributed by atoms with van der Waals surface area (Å²) in [5, 5.41) is 7.88. The summed E-state index contributed by atoms with van der Waals surface area (Å²) in [5.41, 5.74) is 0. The van der Waals surface area contributed by atoms with Crippen LogP contribution < -0.4 is 5.32 Å². The monoisotopic (exact) mass is 264 g/mol. The predicted molar refractivity (Wildman–Crippen MR) is 78.0 cm³/mol. The van der Waals surface area contributed by atoms with E-state index in [2.05, 4.69) is 33.9 Å². The third kappa shape index (κ3) is 4.03. The van der Waals surface area contributed by atoms with Crippen LogP contribution in [0.5, 0.6) is 0 Å². The van der Waals surface area contributed by atoms with E-state index in [1.807, 2.05) is 0 Å². The van der Waals surface area contributed by atoms with Gasteiger partial charge in [-0.05, 0) is 31.3 Å². The lowest BCUT2D eigenvalue weighted by Crippen LogP contribution is -2.29. The highest BCUT2D eigenvalue weighted by atomic mass is 15.3. The minimum Gasteiger partial charge on any atom is -0.317 e. The molecular formula is C15H28N4. The van der Waals surface area contributed by atoms with Crippen LogP contribution in [0.1, 0.15) is 51.8 Å². The first kappa shape index (κ1) is 14.5. The fourth-order valence-corrected chi connectivity index (χ4v) is 3.24. The molecule has 1 atom stereocenters. The van der Waals surface area contributed by atoms with Gasteiger partial charge in [0.25, 0.3) is 0 Å². The van der Waals surface area contributed by atoms with Crippen LogP contribution in [0, 0.1) is 11.8 Å². The van der Waals surface area contributed by atoms with Crippen molar-refractivity contribution < 1.29 is 0 Å². The summed E-state index contributed by atoms with van der Waals surface area (Å²) >= 11 is 0. The number of aryl methyl sites for hydroxylation is 1. The van der Waals surface area contributed by atoms with Crippen molar-refractivity contribution in [3.8, 4) is 0 Å². The van der Waals surface area contributed by atoms with E-state index in [9.17, 15) is 0 Å². The van der Waals surface area contributed by atoms with Crippen LogP contribution in [0.2, 0.25) is 0 Å². The molecule has 0 aromatic carbocycles. The van der Waals surface area contributed by atoms with Gasteiger partial charge in [-0.15, -0.1) is 0 Å². The Bertz CT molecular complexity index is 355. The Morgan fingerprint density at radius 2 is 2.16 bits per heavy atom.